The Morgan fingerprint density at radius 3 is 2.27 bits per heavy atom. The maximum atomic E-state index is 12.8. The Labute approximate surface area is 97.8 Å². The molecule has 1 unspecified atom stereocenters. The standard InChI is InChI=1S/C12H15BrF2/c1-2-3-10(13)5-4-9-6-11(14)8-12(15)7-9/h6-8,10H,2-5H2,1H3. The van der Waals surface area contributed by atoms with Crippen molar-refractivity contribution in [1.29, 1.82) is 0 Å². The van der Waals surface area contributed by atoms with E-state index < -0.39 is 11.6 Å². The Kier molecular flexibility index (Phi) is 5.23. The maximum absolute atomic E-state index is 12.8. The summed E-state index contributed by atoms with van der Waals surface area (Å²) in [6.07, 6.45) is 3.84. The summed E-state index contributed by atoms with van der Waals surface area (Å²) in [5.41, 5.74) is 0.730. The zero-order valence-electron chi connectivity index (χ0n) is 8.77. The lowest BCUT2D eigenvalue weighted by Crippen LogP contribution is -2.00. The molecule has 0 aliphatic rings. The average molecular weight is 277 g/mol. The van der Waals surface area contributed by atoms with Crippen molar-refractivity contribution >= 4 is 15.9 Å². The van der Waals surface area contributed by atoms with Gasteiger partial charge in [0.2, 0.25) is 0 Å². The number of halogens is 3. The first-order chi connectivity index (χ1) is 7.11. The van der Waals surface area contributed by atoms with E-state index in [9.17, 15) is 8.78 Å². The summed E-state index contributed by atoms with van der Waals surface area (Å²) < 4.78 is 25.7. The van der Waals surface area contributed by atoms with E-state index in [0.29, 0.717) is 11.2 Å². The van der Waals surface area contributed by atoms with Crippen molar-refractivity contribution in [3.8, 4) is 0 Å². The zero-order valence-corrected chi connectivity index (χ0v) is 10.4. The largest absolute Gasteiger partial charge is 0.207 e. The van der Waals surface area contributed by atoms with Gasteiger partial charge in [-0.15, -0.1) is 0 Å². The van der Waals surface area contributed by atoms with Crippen LogP contribution in [0.25, 0.3) is 0 Å². The van der Waals surface area contributed by atoms with Gasteiger partial charge in [0.25, 0.3) is 0 Å². The fraction of sp³-hybridized carbons (Fsp3) is 0.500. The highest BCUT2D eigenvalue weighted by atomic mass is 79.9. The summed E-state index contributed by atoms with van der Waals surface area (Å²) in [6.45, 7) is 2.12. The Balaban J connectivity index is 2.50. The molecule has 0 bridgehead atoms. The first kappa shape index (κ1) is 12.6. The van der Waals surface area contributed by atoms with E-state index in [4.69, 9.17) is 0 Å². The van der Waals surface area contributed by atoms with E-state index in [1.54, 1.807) is 0 Å². The number of benzene rings is 1. The second-order valence-corrected chi connectivity index (χ2v) is 5.00. The van der Waals surface area contributed by atoms with Crippen LogP contribution in [-0.4, -0.2) is 4.83 Å². The van der Waals surface area contributed by atoms with Gasteiger partial charge >= 0.3 is 0 Å². The van der Waals surface area contributed by atoms with Crippen LogP contribution in [0.5, 0.6) is 0 Å². The molecule has 0 spiro atoms. The minimum atomic E-state index is -0.494. The molecule has 3 heteroatoms. The maximum Gasteiger partial charge on any atom is 0.126 e. The van der Waals surface area contributed by atoms with Gasteiger partial charge in [-0.05, 0) is 37.0 Å². The van der Waals surface area contributed by atoms with Crippen LogP contribution in [0.1, 0.15) is 31.7 Å². The lowest BCUT2D eigenvalue weighted by Gasteiger charge is -2.08. The van der Waals surface area contributed by atoms with E-state index in [1.165, 1.54) is 12.1 Å². The molecule has 15 heavy (non-hydrogen) atoms. The third-order valence-corrected chi connectivity index (χ3v) is 3.19. The summed E-state index contributed by atoms with van der Waals surface area (Å²) in [5.74, 6) is -0.988. The molecule has 1 atom stereocenters. The van der Waals surface area contributed by atoms with E-state index in [-0.39, 0.29) is 0 Å². The van der Waals surface area contributed by atoms with E-state index >= 15 is 0 Å². The van der Waals surface area contributed by atoms with Crippen molar-refractivity contribution in [2.45, 2.75) is 37.4 Å². The molecule has 0 N–H and O–H groups in total. The Hall–Kier alpha value is -0.440. The fourth-order valence-electron chi connectivity index (χ4n) is 1.54. The van der Waals surface area contributed by atoms with Gasteiger partial charge in [0.05, 0.1) is 0 Å². The van der Waals surface area contributed by atoms with E-state index in [2.05, 4.69) is 22.9 Å². The molecular formula is C12H15BrF2. The van der Waals surface area contributed by atoms with Crippen molar-refractivity contribution in [3.63, 3.8) is 0 Å². The fourth-order valence-corrected chi connectivity index (χ4v) is 2.22. The van der Waals surface area contributed by atoms with Crippen LogP contribution in [0.2, 0.25) is 0 Å². The molecule has 84 valence electrons. The smallest absolute Gasteiger partial charge is 0.126 e. The van der Waals surface area contributed by atoms with Gasteiger partial charge in [0.1, 0.15) is 11.6 Å². The van der Waals surface area contributed by atoms with Crippen LogP contribution in [0, 0.1) is 11.6 Å². The van der Waals surface area contributed by atoms with Gasteiger partial charge < -0.3 is 0 Å². The van der Waals surface area contributed by atoms with E-state index in [1.807, 2.05) is 0 Å². The zero-order chi connectivity index (χ0) is 11.3. The molecule has 0 radical (unpaired) electrons. The minimum Gasteiger partial charge on any atom is -0.207 e. The van der Waals surface area contributed by atoms with Crippen molar-refractivity contribution in [3.05, 3.63) is 35.4 Å². The average Bonchev–Trinajstić information content (AvgIpc) is 2.14. The molecule has 1 aromatic rings. The van der Waals surface area contributed by atoms with Crippen molar-refractivity contribution in [2.75, 3.05) is 0 Å². The first-order valence-corrected chi connectivity index (χ1v) is 6.12. The second-order valence-electron chi connectivity index (χ2n) is 3.70. The van der Waals surface area contributed by atoms with Crippen molar-refractivity contribution in [1.82, 2.24) is 0 Å². The number of hydrogen-bond acceptors (Lipinski definition) is 0. The highest BCUT2D eigenvalue weighted by molar-refractivity contribution is 9.09. The number of hydrogen-bond donors (Lipinski definition) is 0. The Morgan fingerprint density at radius 1 is 1.13 bits per heavy atom. The number of aryl methyl sites for hydroxylation is 1. The predicted octanol–water partition coefficient (Wildman–Crippen LogP) is 4.46. The summed E-state index contributed by atoms with van der Waals surface area (Å²) in [5, 5.41) is 0. The van der Waals surface area contributed by atoms with Crippen LogP contribution in [0.4, 0.5) is 8.78 Å². The van der Waals surface area contributed by atoms with Crippen molar-refractivity contribution in [2.24, 2.45) is 0 Å². The molecule has 0 aromatic heterocycles. The Morgan fingerprint density at radius 2 is 1.73 bits per heavy atom. The molecule has 0 amide bonds. The number of alkyl halides is 1. The quantitative estimate of drug-likeness (QED) is 0.697. The number of rotatable bonds is 5. The third-order valence-electron chi connectivity index (χ3n) is 2.27. The first-order valence-electron chi connectivity index (χ1n) is 5.21. The Bertz CT molecular complexity index is 292. The second kappa shape index (κ2) is 6.21. The van der Waals surface area contributed by atoms with Crippen LogP contribution >= 0.6 is 15.9 Å². The molecule has 0 nitrogen and oxygen atoms in total. The molecule has 0 heterocycles. The van der Waals surface area contributed by atoms with E-state index in [0.717, 1.165) is 30.9 Å². The highest BCUT2D eigenvalue weighted by Gasteiger charge is 2.05. The molecule has 0 saturated carbocycles. The molecular weight excluding hydrogens is 262 g/mol. The van der Waals surface area contributed by atoms with Gasteiger partial charge in [0.15, 0.2) is 0 Å². The minimum absolute atomic E-state index is 0.439. The van der Waals surface area contributed by atoms with Crippen LogP contribution in [-0.2, 0) is 6.42 Å². The van der Waals surface area contributed by atoms with Gasteiger partial charge in [-0.1, -0.05) is 29.3 Å². The normalized spacial score (nSPS) is 12.8. The molecule has 0 aliphatic heterocycles. The topological polar surface area (TPSA) is 0 Å². The summed E-state index contributed by atoms with van der Waals surface area (Å²) in [4.78, 5) is 0.439. The molecule has 0 saturated heterocycles. The van der Waals surface area contributed by atoms with Crippen LogP contribution in [0.3, 0.4) is 0 Å². The molecule has 0 fully saturated rings. The van der Waals surface area contributed by atoms with Gasteiger partial charge in [-0.25, -0.2) is 8.78 Å². The SMILES string of the molecule is CCCC(Br)CCc1cc(F)cc(F)c1. The summed E-state index contributed by atoms with van der Waals surface area (Å²) in [7, 11) is 0. The highest BCUT2D eigenvalue weighted by Crippen LogP contribution is 2.17. The van der Waals surface area contributed by atoms with Crippen LogP contribution in [0.15, 0.2) is 18.2 Å². The summed E-state index contributed by atoms with van der Waals surface area (Å²) in [6, 6.07) is 3.70. The van der Waals surface area contributed by atoms with Crippen LogP contribution < -0.4 is 0 Å². The van der Waals surface area contributed by atoms with Crippen molar-refractivity contribution < 1.29 is 8.78 Å². The monoisotopic (exact) mass is 276 g/mol. The summed E-state index contributed by atoms with van der Waals surface area (Å²) >= 11 is 3.55. The third kappa shape index (κ3) is 4.74. The lowest BCUT2D eigenvalue weighted by atomic mass is 10.1. The molecule has 0 aliphatic carbocycles. The van der Waals surface area contributed by atoms with Gasteiger partial charge in [-0.3, -0.25) is 0 Å². The van der Waals surface area contributed by atoms with Gasteiger partial charge in [-0.2, -0.15) is 0 Å². The lowest BCUT2D eigenvalue weighted by molar-refractivity contribution is 0.577. The van der Waals surface area contributed by atoms with Gasteiger partial charge in [0, 0.05) is 10.9 Å². The molecule has 1 rings (SSSR count). The molecule has 1 aromatic carbocycles. The predicted molar refractivity (Wildman–Crippen MR) is 62.3 cm³/mol.